The molecule has 1 atom stereocenters. The van der Waals surface area contributed by atoms with Crippen molar-refractivity contribution < 1.29 is 24.2 Å². The Hall–Kier alpha value is -2.24. The van der Waals surface area contributed by atoms with E-state index in [2.05, 4.69) is 13.8 Å². The van der Waals surface area contributed by atoms with E-state index in [1.165, 1.54) is 0 Å². The average molecular weight is 349 g/mol. The normalized spacial score (nSPS) is 20.4. The monoisotopic (exact) mass is 349 g/mol. The molecule has 1 aliphatic heterocycles. The fourth-order valence-electron chi connectivity index (χ4n) is 2.78. The van der Waals surface area contributed by atoms with Gasteiger partial charge in [-0.1, -0.05) is 19.9 Å². The van der Waals surface area contributed by atoms with Crippen molar-refractivity contribution in [2.75, 3.05) is 26.3 Å². The number of nitrogens with zero attached hydrogens (tertiary/aromatic N) is 1. The summed E-state index contributed by atoms with van der Waals surface area (Å²) in [6.45, 7) is 7.13. The van der Waals surface area contributed by atoms with Crippen LogP contribution in [0.2, 0.25) is 0 Å². The number of hydrogen-bond acceptors (Lipinski definition) is 4. The van der Waals surface area contributed by atoms with E-state index < -0.39 is 11.4 Å². The summed E-state index contributed by atoms with van der Waals surface area (Å²) in [7, 11) is 0. The van der Waals surface area contributed by atoms with Gasteiger partial charge in [-0.3, -0.25) is 9.59 Å². The minimum absolute atomic E-state index is 0.108. The Bertz CT molecular complexity index is 616. The maximum atomic E-state index is 12.4. The lowest BCUT2D eigenvalue weighted by Crippen LogP contribution is -2.49. The second-order valence-corrected chi connectivity index (χ2v) is 7.25. The highest BCUT2D eigenvalue weighted by Gasteiger charge is 2.39. The van der Waals surface area contributed by atoms with Crippen molar-refractivity contribution in [2.24, 2.45) is 11.3 Å². The molecule has 1 aromatic carbocycles. The Balaban J connectivity index is 1.89. The first-order valence-corrected chi connectivity index (χ1v) is 8.67. The summed E-state index contributed by atoms with van der Waals surface area (Å²) in [5, 5.41) is 9.34. The number of benzene rings is 1. The van der Waals surface area contributed by atoms with Crippen LogP contribution in [0, 0.1) is 11.3 Å². The predicted molar refractivity (Wildman–Crippen MR) is 93.8 cm³/mol. The smallest absolute Gasteiger partial charge is 0.311 e. The SMILES string of the molecule is CC(C)COc1cccc(OCC(=O)N2CCCC(C)(C(=O)O)C2)c1. The summed E-state index contributed by atoms with van der Waals surface area (Å²) in [5.41, 5.74) is -0.876. The number of amides is 1. The second kappa shape index (κ2) is 8.23. The number of rotatable bonds is 7. The molecule has 0 bridgehead atoms. The first-order chi connectivity index (χ1) is 11.8. The molecule has 0 aromatic heterocycles. The van der Waals surface area contributed by atoms with Crippen molar-refractivity contribution in [3.05, 3.63) is 24.3 Å². The summed E-state index contributed by atoms with van der Waals surface area (Å²) in [6, 6.07) is 7.19. The summed E-state index contributed by atoms with van der Waals surface area (Å²) in [4.78, 5) is 25.3. The van der Waals surface area contributed by atoms with E-state index in [9.17, 15) is 14.7 Å². The van der Waals surface area contributed by atoms with E-state index in [4.69, 9.17) is 9.47 Å². The van der Waals surface area contributed by atoms with Crippen LogP contribution >= 0.6 is 0 Å². The number of carboxylic acid groups (broad SMARTS) is 1. The lowest BCUT2D eigenvalue weighted by atomic mass is 9.82. The van der Waals surface area contributed by atoms with Crippen molar-refractivity contribution in [3.8, 4) is 11.5 Å². The standard InChI is InChI=1S/C19H27NO5/c1-14(2)11-24-15-6-4-7-16(10-15)25-12-17(21)20-9-5-8-19(3,13-20)18(22)23/h4,6-7,10,14H,5,8-9,11-13H2,1-3H3,(H,22,23). The van der Waals surface area contributed by atoms with Gasteiger partial charge in [0.1, 0.15) is 11.5 Å². The van der Waals surface area contributed by atoms with Gasteiger partial charge in [-0.15, -0.1) is 0 Å². The van der Waals surface area contributed by atoms with E-state index >= 15 is 0 Å². The van der Waals surface area contributed by atoms with Gasteiger partial charge in [-0.2, -0.15) is 0 Å². The zero-order valence-corrected chi connectivity index (χ0v) is 15.2. The van der Waals surface area contributed by atoms with Crippen LogP contribution in [0.1, 0.15) is 33.6 Å². The Morgan fingerprint density at radius 1 is 1.28 bits per heavy atom. The molecule has 0 radical (unpaired) electrons. The minimum atomic E-state index is -0.876. The van der Waals surface area contributed by atoms with Crippen molar-refractivity contribution in [1.82, 2.24) is 4.90 Å². The van der Waals surface area contributed by atoms with E-state index in [1.807, 2.05) is 12.1 Å². The lowest BCUT2D eigenvalue weighted by Gasteiger charge is -2.37. The molecule has 1 heterocycles. The molecule has 2 rings (SSSR count). The third-order valence-corrected chi connectivity index (χ3v) is 4.32. The zero-order valence-electron chi connectivity index (χ0n) is 15.2. The lowest BCUT2D eigenvalue weighted by molar-refractivity contribution is -0.153. The molecule has 1 N–H and O–H groups in total. The number of carbonyl (C=O) groups excluding carboxylic acids is 1. The molecule has 1 aliphatic rings. The average Bonchev–Trinajstić information content (AvgIpc) is 2.58. The number of piperidine rings is 1. The van der Waals surface area contributed by atoms with Gasteiger partial charge in [0.2, 0.25) is 0 Å². The molecule has 25 heavy (non-hydrogen) atoms. The van der Waals surface area contributed by atoms with Crippen molar-refractivity contribution >= 4 is 11.9 Å². The van der Waals surface area contributed by atoms with Gasteiger partial charge in [-0.05, 0) is 37.8 Å². The molecule has 1 aromatic rings. The number of likely N-dealkylation sites (tertiary alicyclic amines) is 1. The van der Waals surface area contributed by atoms with Crippen LogP contribution in [-0.2, 0) is 9.59 Å². The Labute approximate surface area is 148 Å². The Morgan fingerprint density at radius 3 is 2.60 bits per heavy atom. The van der Waals surface area contributed by atoms with Crippen LogP contribution in [0.5, 0.6) is 11.5 Å². The molecule has 6 nitrogen and oxygen atoms in total. The number of ether oxygens (including phenoxy) is 2. The van der Waals surface area contributed by atoms with E-state index in [0.717, 1.165) is 0 Å². The highest BCUT2D eigenvalue weighted by molar-refractivity contribution is 5.80. The number of hydrogen-bond donors (Lipinski definition) is 1. The van der Waals surface area contributed by atoms with Gasteiger partial charge < -0.3 is 19.5 Å². The molecule has 138 valence electrons. The van der Waals surface area contributed by atoms with Gasteiger partial charge in [0.15, 0.2) is 6.61 Å². The largest absolute Gasteiger partial charge is 0.493 e. The molecule has 0 saturated carbocycles. The van der Waals surface area contributed by atoms with Gasteiger partial charge in [0.25, 0.3) is 5.91 Å². The quantitative estimate of drug-likeness (QED) is 0.819. The predicted octanol–water partition coefficient (Wildman–Crippen LogP) is 2.81. The van der Waals surface area contributed by atoms with Crippen molar-refractivity contribution in [1.29, 1.82) is 0 Å². The first-order valence-electron chi connectivity index (χ1n) is 8.67. The molecule has 6 heteroatoms. The summed E-state index contributed by atoms with van der Waals surface area (Å²) < 4.78 is 11.2. The van der Waals surface area contributed by atoms with Crippen LogP contribution < -0.4 is 9.47 Å². The highest BCUT2D eigenvalue weighted by Crippen LogP contribution is 2.29. The molecule has 1 unspecified atom stereocenters. The summed E-state index contributed by atoms with van der Waals surface area (Å²) in [5.74, 6) is 0.637. The van der Waals surface area contributed by atoms with Crippen LogP contribution in [0.25, 0.3) is 0 Å². The Morgan fingerprint density at radius 2 is 1.96 bits per heavy atom. The van der Waals surface area contributed by atoms with Crippen LogP contribution in [0.3, 0.4) is 0 Å². The van der Waals surface area contributed by atoms with E-state index in [-0.39, 0.29) is 19.1 Å². The highest BCUT2D eigenvalue weighted by atomic mass is 16.5. The maximum absolute atomic E-state index is 12.4. The third kappa shape index (κ3) is 5.37. The summed E-state index contributed by atoms with van der Waals surface area (Å²) in [6.07, 6.45) is 1.27. The van der Waals surface area contributed by atoms with Crippen LogP contribution in [0.15, 0.2) is 24.3 Å². The van der Waals surface area contributed by atoms with E-state index in [1.54, 1.807) is 24.0 Å². The van der Waals surface area contributed by atoms with Gasteiger partial charge >= 0.3 is 5.97 Å². The minimum Gasteiger partial charge on any atom is -0.493 e. The molecular weight excluding hydrogens is 322 g/mol. The molecule has 1 amide bonds. The van der Waals surface area contributed by atoms with Crippen LogP contribution in [-0.4, -0.2) is 48.2 Å². The molecule has 0 aliphatic carbocycles. The third-order valence-electron chi connectivity index (χ3n) is 4.32. The van der Waals surface area contributed by atoms with Gasteiger partial charge in [0, 0.05) is 19.2 Å². The molecule has 1 saturated heterocycles. The van der Waals surface area contributed by atoms with Crippen LogP contribution in [0.4, 0.5) is 0 Å². The maximum Gasteiger partial charge on any atom is 0.311 e. The number of carbonyl (C=O) groups is 2. The Kier molecular flexibility index (Phi) is 6.28. The summed E-state index contributed by atoms with van der Waals surface area (Å²) >= 11 is 0. The first kappa shape index (κ1) is 19.1. The van der Waals surface area contributed by atoms with E-state index in [0.29, 0.717) is 43.4 Å². The van der Waals surface area contributed by atoms with Gasteiger partial charge in [0.05, 0.1) is 12.0 Å². The van der Waals surface area contributed by atoms with Crippen molar-refractivity contribution in [2.45, 2.75) is 33.6 Å². The number of aliphatic carboxylic acids is 1. The molecule has 1 fully saturated rings. The molecule has 0 spiro atoms. The topological polar surface area (TPSA) is 76.1 Å². The zero-order chi connectivity index (χ0) is 18.4. The second-order valence-electron chi connectivity index (χ2n) is 7.25. The molecular formula is C19H27NO5. The van der Waals surface area contributed by atoms with Crippen molar-refractivity contribution in [3.63, 3.8) is 0 Å². The van der Waals surface area contributed by atoms with Gasteiger partial charge in [-0.25, -0.2) is 0 Å². The fraction of sp³-hybridized carbons (Fsp3) is 0.579. The number of carboxylic acids is 1. The fourth-order valence-corrected chi connectivity index (χ4v) is 2.78.